The van der Waals surface area contributed by atoms with Gasteiger partial charge >= 0.3 is 0 Å². The average molecular weight is 333 g/mol. The van der Waals surface area contributed by atoms with E-state index in [4.69, 9.17) is 0 Å². The predicted octanol–water partition coefficient (Wildman–Crippen LogP) is 3.37. The highest BCUT2D eigenvalue weighted by Crippen LogP contribution is 2.25. The molecular weight excluding hydrogens is 320 g/mol. The Hall–Kier alpha value is -2.25. The van der Waals surface area contributed by atoms with E-state index in [0.29, 0.717) is 10.7 Å². The maximum absolute atomic E-state index is 13.2. The smallest absolute Gasteiger partial charge is 0.195 e. The molecule has 1 aromatic heterocycles. The number of aromatic nitrogens is 3. The second-order valence-corrected chi connectivity index (χ2v) is 5.81. The first-order valence-electron chi connectivity index (χ1n) is 6.86. The zero-order valence-electron chi connectivity index (χ0n) is 11.9. The maximum Gasteiger partial charge on any atom is 0.195 e. The van der Waals surface area contributed by atoms with Crippen molar-refractivity contribution in [3.8, 4) is 5.69 Å². The van der Waals surface area contributed by atoms with E-state index >= 15 is 0 Å². The maximum atomic E-state index is 13.2. The quantitative estimate of drug-likeness (QED) is 0.727. The zero-order chi connectivity index (χ0) is 16.2. The molecule has 3 rings (SSSR count). The Kier molecular flexibility index (Phi) is 4.68. The number of halogens is 2. The molecule has 0 bridgehead atoms. The van der Waals surface area contributed by atoms with Gasteiger partial charge in [0.1, 0.15) is 6.33 Å². The number of benzene rings is 2. The first-order chi connectivity index (χ1) is 11.1. The number of aliphatic hydroxyl groups excluding tert-OH is 1. The molecule has 0 radical (unpaired) electrons. The summed E-state index contributed by atoms with van der Waals surface area (Å²) in [6.45, 7) is 0. The number of aliphatic hydroxyl groups is 1. The Morgan fingerprint density at radius 1 is 1.09 bits per heavy atom. The standard InChI is InChI=1S/C16H13F2N3OS/c17-13-7-6-11(8-14(13)18)15(22)9-23-16-20-19-10-21(16)12-4-2-1-3-5-12/h1-8,10,15,22H,9H2. The van der Waals surface area contributed by atoms with Gasteiger partial charge in [-0.2, -0.15) is 0 Å². The molecule has 118 valence electrons. The van der Waals surface area contributed by atoms with Gasteiger partial charge in [-0.25, -0.2) is 8.78 Å². The van der Waals surface area contributed by atoms with Crippen LogP contribution in [0.25, 0.3) is 5.69 Å². The topological polar surface area (TPSA) is 50.9 Å². The Balaban J connectivity index is 1.71. The van der Waals surface area contributed by atoms with Gasteiger partial charge in [0.15, 0.2) is 16.8 Å². The number of para-hydroxylation sites is 1. The second-order valence-electron chi connectivity index (χ2n) is 4.82. The molecule has 1 heterocycles. The molecule has 0 amide bonds. The van der Waals surface area contributed by atoms with Crippen LogP contribution < -0.4 is 0 Å². The van der Waals surface area contributed by atoms with E-state index in [1.54, 1.807) is 10.9 Å². The lowest BCUT2D eigenvalue weighted by Crippen LogP contribution is -2.03. The molecule has 1 unspecified atom stereocenters. The zero-order valence-corrected chi connectivity index (χ0v) is 12.8. The lowest BCUT2D eigenvalue weighted by molar-refractivity contribution is 0.203. The van der Waals surface area contributed by atoms with Crippen LogP contribution in [-0.2, 0) is 0 Å². The van der Waals surface area contributed by atoms with E-state index < -0.39 is 17.7 Å². The van der Waals surface area contributed by atoms with Crippen LogP contribution in [0.4, 0.5) is 8.78 Å². The predicted molar refractivity (Wildman–Crippen MR) is 83.4 cm³/mol. The Morgan fingerprint density at radius 3 is 2.61 bits per heavy atom. The highest BCUT2D eigenvalue weighted by atomic mass is 32.2. The molecule has 0 spiro atoms. The Bertz CT molecular complexity index is 795. The second kappa shape index (κ2) is 6.89. The van der Waals surface area contributed by atoms with Crippen LogP contribution in [0, 0.1) is 11.6 Å². The molecule has 2 aromatic carbocycles. The summed E-state index contributed by atoms with van der Waals surface area (Å²) in [5.74, 6) is -1.66. The normalized spacial score (nSPS) is 12.3. The fourth-order valence-electron chi connectivity index (χ4n) is 2.06. The van der Waals surface area contributed by atoms with E-state index in [1.165, 1.54) is 17.8 Å². The van der Waals surface area contributed by atoms with E-state index in [-0.39, 0.29) is 5.75 Å². The van der Waals surface area contributed by atoms with Crippen molar-refractivity contribution in [2.75, 3.05) is 5.75 Å². The number of nitrogens with zero attached hydrogens (tertiary/aromatic N) is 3. The van der Waals surface area contributed by atoms with Crippen molar-refractivity contribution < 1.29 is 13.9 Å². The molecular formula is C16H13F2N3OS. The summed E-state index contributed by atoms with van der Waals surface area (Å²) in [7, 11) is 0. The molecule has 0 aliphatic carbocycles. The van der Waals surface area contributed by atoms with Gasteiger partial charge in [-0.15, -0.1) is 10.2 Å². The minimum absolute atomic E-state index is 0.247. The molecule has 4 nitrogen and oxygen atoms in total. The third-order valence-electron chi connectivity index (χ3n) is 3.25. The number of thioether (sulfide) groups is 1. The van der Waals surface area contributed by atoms with Gasteiger partial charge in [-0.05, 0) is 29.8 Å². The van der Waals surface area contributed by atoms with E-state index in [2.05, 4.69) is 10.2 Å². The minimum Gasteiger partial charge on any atom is -0.388 e. The van der Waals surface area contributed by atoms with Gasteiger partial charge in [0, 0.05) is 11.4 Å². The van der Waals surface area contributed by atoms with Crippen LogP contribution in [-0.4, -0.2) is 25.6 Å². The van der Waals surface area contributed by atoms with Gasteiger partial charge in [0.05, 0.1) is 6.10 Å². The van der Waals surface area contributed by atoms with Gasteiger partial charge in [0.2, 0.25) is 0 Å². The monoisotopic (exact) mass is 333 g/mol. The minimum atomic E-state index is -0.973. The molecule has 0 saturated heterocycles. The van der Waals surface area contributed by atoms with Crippen molar-refractivity contribution in [2.45, 2.75) is 11.3 Å². The van der Waals surface area contributed by atoms with Crippen molar-refractivity contribution in [2.24, 2.45) is 0 Å². The SMILES string of the molecule is OC(CSc1nncn1-c1ccccc1)c1ccc(F)c(F)c1. The lowest BCUT2D eigenvalue weighted by atomic mass is 10.1. The van der Waals surface area contributed by atoms with Crippen LogP contribution in [0.1, 0.15) is 11.7 Å². The van der Waals surface area contributed by atoms with E-state index in [1.807, 2.05) is 30.3 Å². The highest BCUT2D eigenvalue weighted by molar-refractivity contribution is 7.99. The van der Waals surface area contributed by atoms with Crippen LogP contribution in [0.5, 0.6) is 0 Å². The van der Waals surface area contributed by atoms with Crippen molar-refractivity contribution >= 4 is 11.8 Å². The Labute approximate surface area is 135 Å². The molecule has 1 N–H and O–H groups in total. The van der Waals surface area contributed by atoms with E-state index in [0.717, 1.165) is 17.8 Å². The molecule has 1 atom stereocenters. The fraction of sp³-hybridized carbons (Fsp3) is 0.125. The third kappa shape index (κ3) is 3.57. The molecule has 3 aromatic rings. The summed E-state index contributed by atoms with van der Waals surface area (Å²) >= 11 is 1.28. The van der Waals surface area contributed by atoms with Gasteiger partial charge in [0.25, 0.3) is 0 Å². The van der Waals surface area contributed by atoms with Crippen LogP contribution in [0.2, 0.25) is 0 Å². The third-order valence-corrected chi connectivity index (χ3v) is 4.27. The largest absolute Gasteiger partial charge is 0.388 e. The van der Waals surface area contributed by atoms with Gasteiger partial charge < -0.3 is 5.11 Å². The first kappa shape index (κ1) is 15.6. The van der Waals surface area contributed by atoms with Crippen molar-refractivity contribution in [3.05, 3.63) is 72.1 Å². The first-order valence-corrected chi connectivity index (χ1v) is 7.85. The molecule has 0 saturated carbocycles. The highest BCUT2D eigenvalue weighted by Gasteiger charge is 2.14. The average Bonchev–Trinajstić information content (AvgIpc) is 3.04. The summed E-state index contributed by atoms with van der Waals surface area (Å²) in [6.07, 6.45) is 0.651. The molecule has 0 aliphatic heterocycles. The van der Waals surface area contributed by atoms with Crippen molar-refractivity contribution in [1.29, 1.82) is 0 Å². The lowest BCUT2D eigenvalue weighted by Gasteiger charge is -2.11. The molecule has 0 fully saturated rings. The van der Waals surface area contributed by atoms with Crippen molar-refractivity contribution in [1.82, 2.24) is 14.8 Å². The number of rotatable bonds is 5. The van der Waals surface area contributed by atoms with Crippen LogP contribution >= 0.6 is 11.8 Å². The summed E-state index contributed by atoms with van der Waals surface area (Å²) in [6, 6.07) is 12.9. The Morgan fingerprint density at radius 2 is 1.87 bits per heavy atom. The summed E-state index contributed by atoms with van der Waals surface area (Å²) in [5.41, 5.74) is 1.23. The van der Waals surface area contributed by atoms with Crippen LogP contribution in [0.15, 0.2) is 60.0 Å². The molecule has 0 aliphatic rings. The number of hydrogen-bond donors (Lipinski definition) is 1. The summed E-state index contributed by atoms with van der Waals surface area (Å²) in [4.78, 5) is 0. The van der Waals surface area contributed by atoms with Gasteiger partial charge in [-0.3, -0.25) is 4.57 Å². The van der Waals surface area contributed by atoms with E-state index in [9.17, 15) is 13.9 Å². The van der Waals surface area contributed by atoms with Crippen molar-refractivity contribution in [3.63, 3.8) is 0 Å². The summed E-state index contributed by atoms with van der Waals surface area (Å²) in [5, 5.41) is 18.6. The molecule has 23 heavy (non-hydrogen) atoms. The van der Waals surface area contributed by atoms with Crippen LogP contribution in [0.3, 0.4) is 0 Å². The van der Waals surface area contributed by atoms with Gasteiger partial charge in [-0.1, -0.05) is 36.0 Å². The molecule has 7 heteroatoms. The fourth-order valence-corrected chi connectivity index (χ4v) is 2.95. The number of hydrogen-bond acceptors (Lipinski definition) is 4. The summed E-state index contributed by atoms with van der Waals surface area (Å²) < 4.78 is 27.9.